The van der Waals surface area contributed by atoms with Crippen LogP contribution in [0.2, 0.25) is 0 Å². The lowest BCUT2D eigenvalue weighted by atomic mass is 9.75. The summed E-state index contributed by atoms with van der Waals surface area (Å²) in [6.07, 6.45) is 5.80. The number of rotatable bonds is 2. The van der Waals surface area contributed by atoms with Gasteiger partial charge in [0, 0.05) is 29.7 Å². The number of morpholine rings is 1. The molecule has 5 heteroatoms. The third-order valence-corrected chi connectivity index (χ3v) is 4.56. The molecule has 2 aliphatic rings. The van der Waals surface area contributed by atoms with Crippen LogP contribution in [-0.4, -0.2) is 35.2 Å². The van der Waals surface area contributed by atoms with E-state index in [1.54, 1.807) is 11.3 Å². The van der Waals surface area contributed by atoms with Crippen molar-refractivity contribution in [1.82, 2.24) is 9.88 Å². The number of hydrogen-bond donors (Lipinski definition) is 1. The summed E-state index contributed by atoms with van der Waals surface area (Å²) in [7, 11) is 0. The fourth-order valence-corrected chi connectivity index (χ4v) is 3.34. The third-order valence-electron chi connectivity index (χ3n) is 3.75. The number of nitrogens with zero attached hydrogens (tertiary/aromatic N) is 2. The highest BCUT2D eigenvalue weighted by molar-refractivity contribution is 7.15. The molecule has 2 fully saturated rings. The smallest absolute Gasteiger partial charge is 0.180 e. The van der Waals surface area contributed by atoms with E-state index in [1.807, 2.05) is 6.20 Å². The van der Waals surface area contributed by atoms with E-state index in [0.29, 0.717) is 10.7 Å². The maximum Gasteiger partial charge on any atom is 0.180 e. The van der Waals surface area contributed by atoms with Crippen molar-refractivity contribution in [2.75, 3.05) is 25.5 Å². The first-order valence-electron chi connectivity index (χ1n) is 5.82. The Labute approximate surface area is 99.4 Å². The lowest BCUT2D eigenvalue weighted by Gasteiger charge is -2.52. The number of hydrogen-bond acceptors (Lipinski definition) is 5. The number of nitrogen functional groups attached to an aromatic ring is 1. The van der Waals surface area contributed by atoms with Gasteiger partial charge < -0.3 is 10.5 Å². The van der Waals surface area contributed by atoms with Crippen LogP contribution in [-0.2, 0) is 11.3 Å². The van der Waals surface area contributed by atoms with E-state index in [9.17, 15) is 0 Å². The molecule has 1 aromatic heterocycles. The second kappa shape index (κ2) is 3.98. The zero-order chi connectivity index (χ0) is 11.0. The predicted octanol–water partition coefficient (Wildman–Crippen LogP) is 1.48. The number of thiazole rings is 1. The zero-order valence-electron chi connectivity index (χ0n) is 9.32. The molecular formula is C11H17N3OS. The molecule has 2 N–H and O–H groups in total. The second-order valence-corrected chi connectivity index (χ2v) is 5.86. The molecule has 3 rings (SSSR count). The highest BCUT2D eigenvalue weighted by Gasteiger charge is 2.44. The van der Waals surface area contributed by atoms with Gasteiger partial charge in [0.15, 0.2) is 5.13 Å². The van der Waals surface area contributed by atoms with Crippen LogP contribution < -0.4 is 5.73 Å². The van der Waals surface area contributed by atoms with E-state index in [0.717, 1.165) is 26.3 Å². The Kier molecular flexibility index (Phi) is 2.61. The predicted molar refractivity (Wildman–Crippen MR) is 64.3 cm³/mol. The molecule has 0 aromatic carbocycles. The van der Waals surface area contributed by atoms with Crippen molar-refractivity contribution in [2.45, 2.75) is 31.3 Å². The van der Waals surface area contributed by atoms with Crippen molar-refractivity contribution in [3.63, 3.8) is 0 Å². The van der Waals surface area contributed by atoms with Gasteiger partial charge in [0.2, 0.25) is 0 Å². The molecule has 0 atom stereocenters. The number of ether oxygens (including phenoxy) is 1. The van der Waals surface area contributed by atoms with E-state index >= 15 is 0 Å². The van der Waals surface area contributed by atoms with Gasteiger partial charge in [-0.25, -0.2) is 4.98 Å². The minimum Gasteiger partial charge on any atom is -0.378 e. The topological polar surface area (TPSA) is 51.4 Å². The first-order valence-corrected chi connectivity index (χ1v) is 6.63. The minimum atomic E-state index is 0.330. The molecule has 0 unspecified atom stereocenters. The maximum absolute atomic E-state index is 5.66. The minimum absolute atomic E-state index is 0.330. The van der Waals surface area contributed by atoms with Gasteiger partial charge in [-0.3, -0.25) is 4.90 Å². The SMILES string of the molecule is Nc1ncc(CN2CCOCC23CCC3)s1. The lowest BCUT2D eigenvalue weighted by Crippen LogP contribution is -2.60. The summed E-state index contributed by atoms with van der Waals surface area (Å²) < 4.78 is 5.62. The largest absolute Gasteiger partial charge is 0.378 e. The van der Waals surface area contributed by atoms with Gasteiger partial charge in [-0.1, -0.05) is 0 Å². The molecule has 1 saturated heterocycles. The molecular weight excluding hydrogens is 222 g/mol. The third kappa shape index (κ3) is 1.73. The standard InChI is InChI=1S/C11H17N3OS/c12-10-13-6-9(16-10)7-14-4-5-15-8-11(14)2-1-3-11/h6H,1-5,7-8H2,(H2,12,13). The van der Waals surface area contributed by atoms with Crippen molar-refractivity contribution in [2.24, 2.45) is 0 Å². The van der Waals surface area contributed by atoms with E-state index < -0.39 is 0 Å². The van der Waals surface area contributed by atoms with Crippen molar-refractivity contribution in [3.05, 3.63) is 11.1 Å². The summed E-state index contributed by atoms with van der Waals surface area (Å²) in [4.78, 5) is 7.94. The Bertz CT molecular complexity index is 375. The Morgan fingerprint density at radius 2 is 2.44 bits per heavy atom. The summed E-state index contributed by atoms with van der Waals surface area (Å²) in [5.41, 5.74) is 5.99. The molecule has 1 aliphatic heterocycles. The van der Waals surface area contributed by atoms with Crippen LogP contribution in [0.25, 0.3) is 0 Å². The monoisotopic (exact) mass is 239 g/mol. The van der Waals surface area contributed by atoms with Crippen molar-refractivity contribution < 1.29 is 4.74 Å². The Morgan fingerprint density at radius 3 is 3.06 bits per heavy atom. The van der Waals surface area contributed by atoms with E-state index in [-0.39, 0.29) is 0 Å². The quantitative estimate of drug-likeness (QED) is 0.849. The van der Waals surface area contributed by atoms with Crippen LogP contribution in [0.5, 0.6) is 0 Å². The van der Waals surface area contributed by atoms with Crippen LogP contribution in [0.3, 0.4) is 0 Å². The van der Waals surface area contributed by atoms with Crippen molar-refractivity contribution in [1.29, 1.82) is 0 Å². The molecule has 0 radical (unpaired) electrons. The molecule has 0 bridgehead atoms. The molecule has 1 aromatic rings. The maximum atomic E-state index is 5.66. The van der Waals surface area contributed by atoms with Gasteiger partial charge in [0.05, 0.1) is 13.2 Å². The van der Waals surface area contributed by atoms with Crippen molar-refractivity contribution in [3.8, 4) is 0 Å². The Hall–Kier alpha value is -0.650. The summed E-state index contributed by atoms with van der Waals surface area (Å²) in [5.74, 6) is 0. The highest BCUT2D eigenvalue weighted by atomic mass is 32.1. The fourth-order valence-electron chi connectivity index (χ4n) is 2.64. The number of anilines is 1. The first kappa shape index (κ1) is 10.5. The van der Waals surface area contributed by atoms with Gasteiger partial charge >= 0.3 is 0 Å². The van der Waals surface area contributed by atoms with Crippen LogP contribution in [0, 0.1) is 0 Å². The van der Waals surface area contributed by atoms with Crippen LogP contribution in [0.15, 0.2) is 6.20 Å². The van der Waals surface area contributed by atoms with Gasteiger partial charge in [-0.15, -0.1) is 11.3 Å². The first-order chi connectivity index (χ1) is 7.78. The zero-order valence-corrected chi connectivity index (χ0v) is 10.1. The molecule has 1 aliphatic carbocycles. The average Bonchev–Trinajstić information content (AvgIpc) is 2.63. The summed E-state index contributed by atoms with van der Waals surface area (Å²) >= 11 is 1.60. The molecule has 2 heterocycles. The molecule has 1 spiro atoms. The van der Waals surface area contributed by atoms with Gasteiger partial charge in [-0.05, 0) is 19.3 Å². The lowest BCUT2D eigenvalue weighted by molar-refractivity contribution is -0.110. The van der Waals surface area contributed by atoms with E-state index in [1.165, 1.54) is 24.1 Å². The number of nitrogens with two attached hydrogens (primary N) is 1. The van der Waals surface area contributed by atoms with Crippen LogP contribution >= 0.6 is 11.3 Å². The van der Waals surface area contributed by atoms with E-state index in [2.05, 4.69) is 9.88 Å². The van der Waals surface area contributed by atoms with Crippen molar-refractivity contribution >= 4 is 16.5 Å². The molecule has 0 amide bonds. The molecule has 1 saturated carbocycles. The summed E-state index contributed by atoms with van der Waals surface area (Å²) in [6.45, 7) is 3.79. The van der Waals surface area contributed by atoms with Gasteiger partial charge in [0.1, 0.15) is 0 Å². The van der Waals surface area contributed by atoms with Crippen LogP contribution in [0.4, 0.5) is 5.13 Å². The summed E-state index contributed by atoms with van der Waals surface area (Å²) in [5, 5.41) is 0.672. The van der Waals surface area contributed by atoms with Gasteiger partial charge in [0.25, 0.3) is 0 Å². The molecule has 16 heavy (non-hydrogen) atoms. The van der Waals surface area contributed by atoms with E-state index in [4.69, 9.17) is 10.5 Å². The summed E-state index contributed by atoms with van der Waals surface area (Å²) in [6, 6.07) is 0. The van der Waals surface area contributed by atoms with Gasteiger partial charge in [-0.2, -0.15) is 0 Å². The second-order valence-electron chi connectivity index (χ2n) is 4.72. The molecule has 4 nitrogen and oxygen atoms in total. The highest BCUT2D eigenvalue weighted by Crippen LogP contribution is 2.40. The fraction of sp³-hybridized carbons (Fsp3) is 0.727. The number of aromatic nitrogens is 1. The Balaban J connectivity index is 1.72. The normalized spacial score (nSPS) is 24.5. The van der Waals surface area contributed by atoms with Crippen LogP contribution in [0.1, 0.15) is 24.1 Å². The molecule has 88 valence electrons. The Morgan fingerprint density at radius 1 is 1.56 bits per heavy atom. The average molecular weight is 239 g/mol.